The molecular weight excluding hydrogens is 312 g/mol. The lowest BCUT2D eigenvalue weighted by atomic mass is 10.1. The fourth-order valence-electron chi connectivity index (χ4n) is 3.60. The average molecular weight is 334 g/mol. The Bertz CT molecular complexity index is 905. The highest BCUT2D eigenvalue weighted by atomic mass is 15.4. The number of hydrogen-bond donors (Lipinski definition) is 0. The maximum Gasteiger partial charge on any atom is 0.206 e. The van der Waals surface area contributed by atoms with Gasteiger partial charge < -0.3 is 14.4 Å². The Hall–Kier alpha value is -2.63. The summed E-state index contributed by atoms with van der Waals surface area (Å²) in [5.74, 6) is 2.66. The quantitative estimate of drug-likeness (QED) is 0.734. The Morgan fingerprint density at radius 1 is 1.04 bits per heavy atom. The number of hydrogen-bond acceptors (Lipinski definition) is 5. The van der Waals surface area contributed by atoms with Gasteiger partial charge in [0.25, 0.3) is 0 Å². The maximum atomic E-state index is 4.79. The lowest BCUT2D eigenvalue weighted by molar-refractivity contribution is 0.482. The number of para-hydroxylation sites is 2. The average Bonchev–Trinajstić information content (AvgIpc) is 3.39. The van der Waals surface area contributed by atoms with Gasteiger partial charge >= 0.3 is 0 Å². The van der Waals surface area contributed by atoms with E-state index < -0.39 is 0 Å². The van der Waals surface area contributed by atoms with Gasteiger partial charge in [-0.1, -0.05) is 12.1 Å². The summed E-state index contributed by atoms with van der Waals surface area (Å²) in [6, 6.07) is 13.0. The van der Waals surface area contributed by atoms with E-state index in [1.807, 2.05) is 6.07 Å². The van der Waals surface area contributed by atoms with E-state index in [9.17, 15) is 0 Å². The molecule has 1 aromatic carbocycles. The SMILES string of the molecule is CN(c1nc2ccccc2n1C)C1CN(c2ccc(C3CC3)nn2)C1. The third-order valence-corrected chi connectivity index (χ3v) is 5.48. The van der Waals surface area contributed by atoms with Crippen LogP contribution in [0.15, 0.2) is 36.4 Å². The van der Waals surface area contributed by atoms with Gasteiger partial charge in [-0.15, -0.1) is 5.10 Å². The Kier molecular flexibility index (Phi) is 3.20. The first-order chi connectivity index (χ1) is 12.2. The molecule has 25 heavy (non-hydrogen) atoms. The van der Waals surface area contributed by atoms with E-state index >= 15 is 0 Å². The normalized spacial score (nSPS) is 17.8. The van der Waals surface area contributed by atoms with Gasteiger partial charge in [-0.05, 0) is 37.1 Å². The van der Waals surface area contributed by atoms with Gasteiger partial charge in [0.15, 0.2) is 5.82 Å². The van der Waals surface area contributed by atoms with Gasteiger partial charge in [-0.2, -0.15) is 5.10 Å². The number of anilines is 2. The maximum absolute atomic E-state index is 4.79. The van der Waals surface area contributed by atoms with Crippen LogP contribution in [0.5, 0.6) is 0 Å². The predicted molar refractivity (Wildman–Crippen MR) is 99.1 cm³/mol. The molecule has 6 nitrogen and oxygen atoms in total. The van der Waals surface area contributed by atoms with Gasteiger partial charge in [0.2, 0.25) is 5.95 Å². The van der Waals surface area contributed by atoms with E-state index in [4.69, 9.17) is 4.98 Å². The molecule has 0 unspecified atom stereocenters. The van der Waals surface area contributed by atoms with Crippen molar-refractivity contribution in [1.82, 2.24) is 19.7 Å². The zero-order chi connectivity index (χ0) is 17.0. The van der Waals surface area contributed by atoms with E-state index in [1.54, 1.807) is 0 Å². The summed E-state index contributed by atoms with van der Waals surface area (Å²) >= 11 is 0. The Balaban J connectivity index is 1.29. The van der Waals surface area contributed by atoms with Crippen LogP contribution in [0, 0.1) is 0 Å². The molecule has 1 saturated carbocycles. The number of nitrogens with zero attached hydrogens (tertiary/aromatic N) is 6. The Morgan fingerprint density at radius 2 is 1.84 bits per heavy atom. The van der Waals surface area contributed by atoms with E-state index in [1.165, 1.54) is 18.4 Å². The van der Waals surface area contributed by atoms with Crippen molar-refractivity contribution in [3.8, 4) is 0 Å². The summed E-state index contributed by atoms with van der Waals surface area (Å²) in [6.07, 6.45) is 2.53. The molecule has 6 heteroatoms. The van der Waals surface area contributed by atoms with Gasteiger partial charge in [0.05, 0.1) is 22.8 Å². The van der Waals surface area contributed by atoms with E-state index in [0.717, 1.165) is 36.1 Å². The standard InChI is InChI=1S/C19H22N6/c1-23(19-20-16-5-3-4-6-17(16)24(19)2)14-11-25(12-14)18-10-9-15(21-22-18)13-7-8-13/h3-6,9-10,13-14H,7-8,11-12H2,1-2H3. The van der Waals surface area contributed by atoms with Crippen LogP contribution in [0.4, 0.5) is 11.8 Å². The largest absolute Gasteiger partial charge is 0.351 e. The highest BCUT2D eigenvalue weighted by molar-refractivity contribution is 5.78. The fraction of sp³-hybridized carbons (Fsp3) is 0.421. The molecule has 2 aromatic heterocycles. The van der Waals surface area contributed by atoms with Crippen molar-refractivity contribution in [3.05, 3.63) is 42.1 Å². The van der Waals surface area contributed by atoms with Crippen molar-refractivity contribution < 1.29 is 0 Å². The summed E-state index contributed by atoms with van der Waals surface area (Å²) in [6.45, 7) is 1.91. The first-order valence-corrected chi connectivity index (χ1v) is 8.93. The summed E-state index contributed by atoms with van der Waals surface area (Å²) in [4.78, 5) is 9.36. The molecular formula is C19H22N6. The molecule has 3 heterocycles. The van der Waals surface area contributed by atoms with E-state index in [0.29, 0.717) is 12.0 Å². The number of fused-ring (bicyclic) bond motifs is 1. The first kappa shape index (κ1) is 14.7. The van der Waals surface area contributed by atoms with Gasteiger partial charge in [-0.3, -0.25) is 0 Å². The molecule has 0 radical (unpaired) electrons. The third-order valence-electron chi connectivity index (χ3n) is 5.48. The second-order valence-electron chi connectivity index (χ2n) is 7.22. The topological polar surface area (TPSA) is 50.1 Å². The Labute approximate surface area is 147 Å². The molecule has 0 amide bonds. The third kappa shape index (κ3) is 2.44. The summed E-state index contributed by atoms with van der Waals surface area (Å²) in [5.41, 5.74) is 3.37. The molecule has 0 bridgehead atoms. The highest BCUT2D eigenvalue weighted by Crippen LogP contribution is 2.39. The number of aryl methyl sites for hydroxylation is 1. The molecule has 2 fully saturated rings. The van der Waals surface area contributed by atoms with Crippen LogP contribution in [0.2, 0.25) is 0 Å². The summed E-state index contributed by atoms with van der Waals surface area (Å²) < 4.78 is 2.17. The lowest BCUT2D eigenvalue weighted by Gasteiger charge is -2.44. The van der Waals surface area contributed by atoms with Gasteiger partial charge in [0, 0.05) is 33.1 Å². The van der Waals surface area contributed by atoms with Gasteiger partial charge in [-0.25, -0.2) is 4.98 Å². The molecule has 0 atom stereocenters. The Morgan fingerprint density at radius 3 is 2.52 bits per heavy atom. The van der Waals surface area contributed by atoms with Crippen molar-refractivity contribution in [2.45, 2.75) is 24.8 Å². The number of aromatic nitrogens is 4. The monoisotopic (exact) mass is 334 g/mol. The smallest absolute Gasteiger partial charge is 0.206 e. The van der Waals surface area contributed by atoms with Crippen LogP contribution in [-0.4, -0.2) is 45.9 Å². The molecule has 128 valence electrons. The zero-order valence-corrected chi connectivity index (χ0v) is 14.6. The molecule has 0 spiro atoms. The minimum absolute atomic E-state index is 0.445. The van der Waals surface area contributed by atoms with Crippen molar-refractivity contribution in [2.24, 2.45) is 7.05 Å². The second kappa shape index (κ2) is 5.44. The van der Waals surface area contributed by atoms with Crippen LogP contribution in [0.3, 0.4) is 0 Å². The molecule has 3 aromatic rings. The molecule has 1 aliphatic heterocycles. The fourth-order valence-corrected chi connectivity index (χ4v) is 3.60. The molecule has 2 aliphatic rings. The van der Waals surface area contributed by atoms with Crippen LogP contribution < -0.4 is 9.80 Å². The molecule has 5 rings (SSSR count). The van der Waals surface area contributed by atoms with Crippen molar-refractivity contribution in [3.63, 3.8) is 0 Å². The molecule has 1 saturated heterocycles. The summed E-state index contributed by atoms with van der Waals surface area (Å²) in [5, 5.41) is 8.81. The van der Waals surface area contributed by atoms with Crippen molar-refractivity contribution in [1.29, 1.82) is 0 Å². The predicted octanol–water partition coefficient (Wildman–Crippen LogP) is 2.57. The van der Waals surface area contributed by atoms with Crippen molar-refractivity contribution in [2.75, 3.05) is 29.9 Å². The summed E-state index contributed by atoms with van der Waals surface area (Å²) in [7, 11) is 4.21. The van der Waals surface area contributed by atoms with Crippen molar-refractivity contribution >= 4 is 22.8 Å². The first-order valence-electron chi connectivity index (χ1n) is 8.93. The minimum atomic E-state index is 0.445. The number of benzene rings is 1. The van der Waals surface area contributed by atoms with E-state index in [-0.39, 0.29) is 0 Å². The zero-order valence-electron chi connectivity index (χ0n) is 14.6. The van der Waals surface area contributed by atoms with E-state index in [2.05, 4.69) is 69.0 Å². The molecule has 1 aliphatic carbocycles. The van der Waals surface area contributed by atoms with Crippen LogP contribution >= 0.6 is 0 Å². The van der Waals surface area contributed by atoms with Gasteiger partial charge in [0.1, 0.15) is 0 Å². The number of rotatable bonds is 4. The second-order valence-corrected chi connectivity index (χ2v) is 7.22. The lowest BCUT2D eigenvalue weighted by Crippen LogP contribution is -2.59. The highest BCUT2D eigenvalue weighted by Gasteiger charge is 2.33. The number of imidazole rings is 1. The van der Waals surface area contributed by atoms with Crippen LogP contribution in [0.1, 0.15) is 24.5 Å². The van der Waals surface area contributed by atoms with Crippen LogP contribution in [0.25, 0.3) is 11.0 Å². The number of likely N-dealkylation sites (N-methyl/N-ethyl adjacent to an activating group) is 1. The molecule has 0 N–H and O–H groups in total. The minimum Gasteiger partial charge on any atom is -0.351 e. The van der Waals surface area contributed by atoms with Crippen LogP contribution in [-0.2, 0) is 7.05 Å².